The number of sulfonamides is 1. The summed E-state index contributed by atoms with van der Waals surface area (Å²) in [7, 11) is -4.20. The molecule has 10 heteroatoms. The number of hydrogen-bond donors (Lipinski definition) is 2. The number of amides is 3. The molecule has 5 rings (SSSR count). The van der Waals surface area contributed by atoms with Gasteiger partial charge >= 0.3 is 6.03 Å². The van der Waals surface area contributed by atoms with Gasteiger partial charge in [0.15, 0.2) is 6.04 Å². The number of rotatable bonds is 5. The Morgan fingerprint density at radius 1 is 0.892 bits per heavy atom. The molecule has 9 nitrogen and oxygen atoms in total. The normalized spacial score (nSPS) is 20.5. The van der Waals surface area contributed by atoms with Gasteiger partial charge in [0.05, 0.1) is 12.1 Å². The number of benzene rings is 3. The standard InChI is InChI=1S/C27H25N5O4S/c28-26(33)22-18-32(27(29)34,23-13-5-4-12-21(23)19-8-2-1-3-9-19)17-16-31(22)37(35,36)24-14-6-10-20-11-7-15-30-25(20)24/h1-15,22H,16-18H2,(H3-,28,29,33,34)/p+1. The van der Waals surface area contributed by atoms with Gasteiger partial charge in [-0.1, -0.05) is 60.7 Å². The first kappa shape index (κ1) is 24.6. The number of carbonyl (C=O) groups excluding carboxylic acids is 2. The molecule has 0 saturated carbocycles. The van der Waals surface area contributed by atoms with Crippen molar-refractivity contribution in [2.24, 2.45) is 11.5 Å². The van der Waals surface area contributed by atoms with E-state index in [2.05, 4.69) is 4.98 Å². The molecule has 1 aliphatic heterocycles. The van der Waals surface area contributed by atoms with E-state index in [0.29, 0.717) is 16.6 Å². The Bertz CT molecular complexity index is 1600. The smallest absolute Gasteiger partial charge is 0.368 e. The summed E-state index contributed by atoms with van der Waals surface area (Å²) in [6.07, 6.45) is 1.51. The predicted molar refractivity (Wildman–Crippen MR) is 142 cm³/mol. The third-order valence-electron chi connectivity index (χ3n) is 6.92. The number of carbonyl (C=O) groups is 2. The van der Waals surface area contributed by atoms with Crippen LogP contribution < -0.4 is 16.0 Å². The van der Waals surface area contributed by atoms with E-state index < -0.39 is 32.5 Å². The lowest BCUT2D eigenvalue weighted by atomic mass is 9.99. The zero-order valence-corrected chi connectivity index (χ0v) is 20.7. The number of hydrogen-bond acceptors (Lipinski definition) is 5. The van der Waals surface area contributed by atoms with Crippen LogP contribution >= 0.6 is 0 Å². The van der Waals surface area contributed by atoms with Gasteiger partial charge in [-0.2, -0.15) is 4.31 Å². The summed E-state index contributed by atoms with van der Waals surface area (Å²) in [5.74, 6) is -0.864. The van der Waals surface area contributed by atoms with E-state index in [9.17, 15) is 18.0 Å². The highest BCUT2D eigenvalue weighted by Gasteiger charge is 2.52. The van der Waals surface area contributed by atoms with E-state index in [1.54, 1.807) is 36.4 Å². The van der Waals surface area contributed by atoms with Crippen molar-refractivity contribution in [3.63, 3.8) is 0 Å². The molecule has 4 N–H and O–H groups in total. The predicted octanol–water partition coefficient (Wildman–Crippen LogP) is 2.85. The maximum Gasteiger partial charge on any atom is 0.419 e. The van der Waals surface area contributed by atoms with Crippen molar-refractivity contribution in [1.29, 1.82) is 0 Å². The van der Waals surface area contributed by atoms with Crippen molar-refractivity contribution in [1.82, 2.24) is 13.8 Å². The van der Waals surface area contributed by atoms with Crippen LogP contribution in [0.25, 0.3) is 22.0 Å². The van der Waals surface area contributed by atoms with Gasteiger partial charge in [0.2, 0.25) is 15.9 Å². The molecule has 1 fully saturated rings. The van der Waals surface area contributed by atoms with Crippen molar-refractivity contribution in [3.8, 4) is 11.1 Å². The average Bonchev–Trinajstić information content (AvgIpc) is 2.92. The number of quaternary nitrogens is 1. The van der Waals surface area contributed by atoms with E-state index in [4.69, 9.17) is 11.5 Å². The van der Waals surface area contributed by atoms with Crippen molar-refractivity contribution in [2.75, 3.05) is 19.6 Å². The molecule has 37 heavy (non-hydrogen) atoms. The second kappa shape index (κ2) is 9.40. The van der Waals surface area contributed by atoms with Gasteiger partial charge in [-0.3, -0.25) is 9.78 Å². The van der Waals surface area contributed by atoms with Crippen LogP contribution in [0.1, 0.15) is 0 Å². The average molecular weight is 517 g/mol. The van der Waals surface area contributed by atoms with Gasteiger partial charge in [-0.05, 0) is 23.8 Å². The number of fused-ring (bicyclic) bond motifs is 1. The minimum absolute atomic E-state index is 0.0272. The molecule has 4 aromatic rings. The molecular weight excluding hydrogens is 490 g/mol. The number of pyridine rings is 1. The monoisotopic (exact) mass is 516 g/mol. The van der Waals surface area contributed by atoms with Crippen molar-refractivity contribution in [2.45, 2.75) is 10.9 Å². The summed E-state index contributed by atoms with van der Waals surface area (Å²) in [6.45, 7) is -0.350. The number of piperazine rings is 1. The summed E-state index contributed by atoms with van der Waals surface area (Å²) in [6, 6.07) is 23.1. The summed E-state index contributed by atoms with van der Waals surface area (Å²) in [4.78, 5) is 30.1. The molecule has 1 aliphatic rings. The van der Waals surface area contributed by atoms with E-state index in [0.717, 1.165) is 15.4 Å². The molecule has 1 saturated heterocycles. The lowest BCUT2D eigenvalue weighted by molar-refractivity contribution is -0.122. The van der Waals surface area contributed by atoms with Crippen LogP contribution in [0.3, 0.4) is 0 Å². The minimum atomic E-state index is -4.20. The highest BCUT2D eigenvalue weighted by molar-refractivity contribution is 7.89. The molecule has 0 bridgehead atoms. The highest BCUT2D eigenvalue weighted by atomic mass is 32.2. The van der Waals surface area contributed by atoms with Crippen molar-refractivity contribution < 1.29 is 18.0 Å². The highest BCUT2D eigenvalue weighted by Crippen LogP contribution is 2.38. The molecule has 3 amide bonds. The third kappa shape index (κ3) is 4.14. The maximum atomic E-state index is 13.9. The Kier molecular flexibility index (Phi) is 6.24. The van der Waals surface area contributed by atoms with Crippen LogP contribution in [0.4, 0.5) is 10.5 Å². The van der Waals surface area contributed by atoms with Crippen molar-refractivity contribution in [3.05, 3.63) is 91.1 Å². The van der Waals surface area contributed by atoms with Crippen LogP contribution in [0.2, 0.25) is 0 Å². The van der Waals surface area contributed by atoms with E-state index in [-0.39, 0.29) is 24.5 Å². The van der Waals surface area contributed by atoms with Gasteiger partial charge in [0.1, 0.15) is 23.7 Å². The number of nitrogens with zero attached hydrogens (tertiary/aromatic N) is 3. The fourth-order valence-corrected chi connectivity index (χ4v) is 6.83. The zero-order chi connectivity index (χ0) is 26.2. The lowest BCUT2D eigenvalue weighted by Crippen LogP contribution is -2.71. The van der Waals surface area contributed by atoms with Crippen LogP contribution in [0.15, 0.2) is 96.0 Å². The summed E-state index contributed by atoms with van der Waals surface area (Å²) < 4.78 is 28.4. The fraction of sp³-hybridized carbons (Fsp3) is 0.148. The molecule has 2 heterocycles. The lowest BCUT2D eigenvalue weighted by Gasteiger charge is -2.44. The first-order valence-electron chi connectivity index (χ1n) is 11.7. The Hall–Kier alpha value is -4.12. The van der Waals surface area contributed by atoms with Crippen molar-refractivity contribution >= 4 is 38.6 Å². The quantitative estimate of drug-likeness (QED) is 0.393. The molecule has 3 aromatic carbocycles. The van der Waals surface area contributed by atoms with E-state index >= 15 is 0 Å². The van der Waals surface area contributed by atoms with Crippen LogP contribution in [0.5, 0.6) is 0 Å². The number of primary amides is 2. The molecule has 0 spiro atoms. The van der Waals surface area contributed by atoms with Gasteiger partial charge in [-0.15, -0.1) is 0 Å². The van der Waals surface area contributed by atoms with Gasteiger partial charge in [0, 0.05) is 23.2 Å². The summed E-state index contributed by atoms with van der Waals surface area (Å²) in [5, 5.41) is 0.648. The maximum absolute atomic E-state index is 13.9. The molecule has 2 atom stereocenters. The number of urea groups is 1. The zero-order valence-electron chi connectivity index (χ0n) is 19.9. The van der Waals surface area contributed by atoms with Gasteiger partial charge in [0.25, 0.3) is 0 Å². The Morgan fingerprint density at radius 2 is 1.59 bits per heavy atom. The Labute approximate surface area is 214 Å². The molecule has 0 radical (unpaired) electrons. The van der Waals surface area contributed by atoms with Crippen LogP contribution in [0, 0.1) is 0 Å². The number of aromatic nitrogens is 1. The SMILES string of the molecule is NC(=O)C1C[N+](C(N)=O)(c2ccccc2-c2ccccc2)CCN1S(=O)(=O)c1cccc2cccnc12. The number of para-hydroxylation sites is 2. The molecule has 1 aromatic heterocycles. The fourth-order valence-electron chi connectivity index (χ4n) is 5.08. The first-order valence-corrected chi connectivity index (χ1v) is 13.2. The molecule has 188 valence electrons. The minimum Gasteiger partial charge on any atom is -0.368 e. The molecular formula is C27H26N5O4S+. The second-order valence-electron chi connectivity index (χ2n) is 8.96. The third-order valence-corrected chi connectivity index (χ3v) is 8.86. The topological polar surface area (TPSA) is 136 Å². The first-order chi connectivity index (χ1) is 17.8. The number of nitrogens with two attached hydrogens (primary N) is 2. The summed E-state index contributed by atoms with van der Waals surface area (Å²) >= 11 is 0. The van der Waals surface area contributed by atoms with Gasteiger partial charge < -0.3 is 11.5 Å². The van der Waals surface area contributed by atoms with Crippen LogP contribution in [-0.2, 0) is 14.8 Å². The van der Waals surface area contributed by atoms with Gasteiger partial charge in [-0.25, -0.2) is 17.7 Å². The second-order valence-corrected chi connectivity index (χ2v) is 10.8. The Morgan fingerprint density at radius 3 is 2.32 bits per heavy atom. The van der Waals surface area contributed by atoms with E-state index in [1.807, 2.05) is 42.5 Å². The Balaban J connectivity index is 1.61. The van der Waals surface area contributed by atoms with Crippen LogP contribution in [-0.4, -0.2) is 55.3 Å². The molecule has 2 unspecified atom stereocenters. The summed E-state index contributed by atoms with van der Waals surface area (Å²) in [5.41, 5.74) is 14.3. The largest absolute Gasteiger partial charge is 0.419 e. The van der Waals surface area contributed by atoms with E-state index in [1.165, 1.54) is 12.3 Å². The molecule has 0 aliphatic carbocycles.